The molecule has 7 heteroatoms. The van der Waals surface area contributed by atoms with E-state index in [0.717, 1.165) is 18.8 Å². The maximum Gasteiger partial charge on any atom is 0.135 e. The number of pyridine rings is 1. The Morgan fingerprint density at radius 3 is 2.48 bits per heavy atom. The molecule has 0 saturated heterocycles. The van der Waals surface area contributed by atoms with Crippen molar-refractivity contribution < 1.29 is 0 Å². The minimum atomic E-state index is 0.540. The molecule has 0 aliphatic carbocycles. The van der Waals surface area contributed by atoms with Crippen LogP contribution in [0.1, 0.15) is 5.56 Å². The van der Waals surface area contributed by atoms with E-state index >= 15 is 0 Å². The summed E-state index contributed by atoms with van der Waals surface area (Å²) in [7, 11) is 2.00. The van der Waals surface area contributed by atoms with Gasteiger partial charge in [-0.25, -0.2) is 9.97 Å². The zero-order chi connectivity index (χ0) is 17.6. The molecule has 2 heterocycles. The van der Waals surface area contributed by atoms with Gasteiger partial charge in [-0.15, -0.1) is 0 Å². The number of anilines is 3. The zero-order valence-electron chi connectivity index (χ0n) is 13.7. The topological polar surface area (TPSA) is 53.9 Å². The second kappa shape index (κ2) is 8.14. The van der Waals surface area contributed by atoms with Crippen LogP contribution >= 0.6 is 23.2 Å². The number of likely N-dealkylation sites (N-methyl/N-ethyl adjacent to an activating group) is 1. The van der Waals surface area contributed by atoms with Crippen LogP contribution in [0.5, 0.6) is 0 Å². The van der Waals surface area contributed by atoms with E-state index in [1.54, 1.807) is 30.6 Å². The summed E-state index contributed by atoms with van der Waals surface area (Å²) < 4.78 is 0. The van der Waals surface area contributed by atoms with E-state index < -0.39 is 0 Å². The SMILES string of the molecule is CN(CCc1ccncc1)c1cc(Nc2c(Cl)cccc2Cl)ncn1. The maximum absolute atomic E-state index is 6.19. The van der Waals surface area contributed by atoms with E-state index in [-0.39, 0.29) is 0 Å². The average Bonchev–Trinajstić information content (AvgIpc) is 2.64. The van der Waals surface area contributed by atoms with Crippen molar-refractivity contribution in [3.8, 4) is 0 Å². The fraction of sp³-hybridized carbons (Fsp3) is 0.167. The van der Waals surface area contributed by atoms with Crippen LogP contribution in [0.15, 0.2) is 55.1 Å². The second-order valence-corrected chi connectivity index (χ2v) is 6.32. The molecule has 0 bridgehead atoms. The smallest absolute Gasteiger partial charge is 0.135 e. The number of halogens is 2. The van der Waals surface area contributed by atoms with Gasteiger partial charge >= 0.3 is 0 Å². The highest BCUT2D eigenvalue weighted by Crippen LogP contribution is 2.32. The lowest BCUT2D eigenvalue weighted by molar-refractivity contribution is 0.855. The average molecular weight is 374 g/mol. The van der Waals surface area contributed by atoms with Gasteiger partial charge in [-0.3, -0.25) is 4.98 Å². The zero-order valence-corrected chi connectivity index (χ0v) is 15.2. The first-order valence-corrected chi connectivity index (χ1v) is 8.52. The van der Waals surface area contributed by atoms with E-state index in [0.29, 0.717) is 21.6 Å². The lowest BCUT2D eigenvalue weighted by Gasteiger charge is -2.19. The van der Waals surface area contributed by atoms with Crippen molar-refractivity contribution in [2.24, 2.45) is 0 Å². The number of hydrogen-bond acceptors (Lipinski definition) is 5. The molecule has 1 N–H and O–H groups in total. The molecule has 0 spiro atoms. The first kappa shape index (κ1) is 17.5. The Kier molecular flexibility index (Phi) is 5.68. The Bertz CT molecular complexity index is 822. The Labute approximate surface area is 156 Å². The number of hydrogen-bond donors (Lipinski definition) is 1. The standard InChI is InChI=1S/C18H17Cl2N5/c1-25(10-7-13-5-8-21-9-6-13)17-11-16(22-12-23-17)24-18-14(19)3-2-4-15(18)20/h2-6,8-9,11-12H,7,10H2,1H3,(H,22,23,24). The van der Waals surface area contributed by atoms with Gasteiger partial charge in [-0.05, 0) is 36.2 Å². The normalized spacial score (nSPS) is 10.5. The molecule has 3 aromatic rings. The van der Waals surface area contributed by atoms with Crippen molar-refractivity contribution in [1.82, 2.24) is 15.0 Å². The molecule has 5 nitrogen and oxygen atoms in total. The van der Waals surface area contributed by atoms with Crippen LogP contribution in [0.2, 0.25) is 10.0 Å². The molecule has 25 heavy (non-hydrogen) atoms. The van der Waals surface area contributed by atoms with Gasteiger partial charge in [0, 0.05) is 32.1 Å². The van der Waals surface area contributed by atoms with Gasteiger partial charge in [0.25, 0.3) is 0 Å². The van der Waals surface area contributed by atoms with Crippen molar-refractivity contribution in [3.05, 3.63) is 70.7 Å². The van der Waals surface area contributed by atoms with Crippen molar-refractivity contribution in [1.29, 1.82) is 0 Å². The van der Waals surface area contributed by atoms with Gasteiger partial charge in [-0.1, -0.05) is 29.3 Å². The van der Waals surface area contributed by atoms with Crippen LogP contribution in [0, 0.1) is 0 Å². The molecular weight excluding hydrogens is 357 g/mol. The summed E-state index contributed by atoms with van der Waals surface area (Å²) in [6, 6.07) is 11.2. The van der Waals surface area contributed by atoms with Crippen LogP contribution in [0.4, 0.5) is 17.3 Å². The van der Waals surface area contributed by atoms with Gasteiger partial charge in [0.05, 0.1) is 15.7 Å². The fourth-order valence-electron chi connectivity index (χ4n) is 2.33. The molecule has 3 rings (SSSR count). The third-order valence-corrected chi connectivity index (χ3v) is 4.37. The second-order valence-electron chi connectivity index (χ2n) is 5.51. The highest BCUT2D eigenvalue weighted by molar-refractivity contribution is 6.39. The van der Waals surface area contributed by atoms with Gasteiger partial charge in [0.1, 0.15) is 18.0 Å². The molecule has 128 valence electrons. The Morgan fingerprint density at radius 2 is 1.76 bits per heavy atom. The first-order valence-electron chi connectivity index (χ1n) is 7.76. The molecule has 0 fully saturated rings. The Morgan fingerprint density at radius 1 is 1.04 bits per heavy atom. The van der Waals surface area contributed by atoms with E-state index in [4.69, 9.17) is 23.2 Å². The molecule has 0 aliphatic rings. The van der Waals surface area contributed by atoms with Gasteiger partial charge in [-0.2, -0.15) is 0 Å². The van der Waals surface area contributed by atoms with Crippen LogP contribution < -0.4 is 10.2 Å². The largest absolute Gasteiger partial charge is 0.359 e. The van der Waals surface area contributed by atoms with Crippen LogP contribution in [-0.4, -0.2) is 28.5 Å². The molecule has 0 atom stereocenters. The summed E-state index contributed by atoms with van der Waals surface area (Å²) in [5.41, 5.74) is 1.87. The maximum atomic E-state index is 6.19. The van der Waals surface area contributed by atoms with Crippen molar-refractivity contribution >= 4 is 40.5 Å². The number of nitrogens with zero attached hydrogens (tertiary/aromatic N) is 4. The lowest BCUT2D eigenvalue weighted by Crippen LogP contribution is -2.21. The molecule has 2 aromatic heterocycles. The lowest BCUT2D eigenvalue weighted by atomic mass is 10.2. The van der Waals surface area contributed by atoms with Crippen molar-refractivity contribution in [3.63, 3.8) is 0 Å². The molecule has 0 saturated carbocycles. The Hall–Kier alpha value is -2.37. The summed E-state index contributed by atoms with van der Waals surface area (Å²) in [6.07, 6.45) is 6.03. The van der Waals surface area contributed by atoms with Crippen LogP contribution in [0.3, 0.4) is 0 Å². The van der Waals surface area contributed by atoms with Gasteiger partial charge < -0.3 is 10.2 Å². The summed E-state index contributed by atoms with van der Waals surface area (Å²) in [6.45, 7) is 0.827. The Balaban J connectivity index is 1.70. The number of nitrogens with one attached hydrogen (secondary N) is 1. The quantitative estimate of drug-likeness (QED) is 0.683. The number of rotatable bonds is 6. The van der Waals surface area contributed by atoms with Crippen LogP contribution in [-0.2, 0) is 6.42 Å². The van der Waals surface area contributed by atoms with E-state index in [2.05, 4.69) is 25.2 Å². The highest BCUT2D eigenvalue weighted by atomic mass is 35.5. The molecule has 0 unspecified atom stereocenters. The summed E-state index contributed by atoms with van der Waals surface area (Å²) >= 11 is 12.4. The molecular formula is C18H17Cl2N5. The highest BCUT2D eigenvalue weighted by Gasteiger charge is 2.09. The first-order chi connectivity index (χ1) is 12.1. The third kappa shape index (κ3) is 4.59. The fourth-order valence-corrected chi connectivity index (χ4v) is 2.82. The molecule has 0 aliphatic heterocycles. The van der Waals surface area contributed by atoms with Crippen LogP contribution in [0.25, 0.3) is 0 Å². The monoisotopic (exact) mass is 373 g/mol. The summed E-state index contributed by atoms with van der Waals surface area (Å²) in [5, 5.41) is 4.24. The summed E-state index contributed by atoms with van der Waals surface area (Å²) in [5.74, 6) is 1.45. The number of para-hydroxylation sites is 1. The van der Waals surface area contributed by atoms with Gasteiger partial charge in [0.15, 0.2) is 0 Å². The van der Waals surface area contributed by atoms with Crippen molar-refractivity contribution in [2.75, 3.05) is 23.8 Å². The summed E-state index contributed by atoms with van der Waals surface area (Å²) in [4.78, 5) is 14.7. The predicted octanol–water partition coefficient (Wildman–Crippen LogP) is 4.60. The molecule has 0 radical (unpaired) electrons. The third-order valence-electron chi connectivity index (χ3n) is 3.74. The number of benzene rings is 1. The minimum absolute atomic E-state index is 0.540. The van der Waals surface area contributed by atoms with Gasteiger partial charge in [0.2, 0.25) is 0 Å². The molecule has 1 aromatic carbocycles. The van der Waals surface area contributed by atoms with E-state index in [9.17, 15) is 0 Å². The predicted molar refractivity (Wildman–Crippen MR) is 103 cm³/mol. The van der Waals surface area contributed by atoms with E-state index in [1.807, 2.05) is 25.2 Å². The number of aromatic nitrogens is 3. The molecule has 0 amide bonds. The van der Waals surface area contributed by atoms with E-state index in [1.165, 1.54) is 11.9 Å². The minimum Gasteiger partial charge on any atom is -0.359 e. The van der Waals surface area contributed by atoms with Crippen molar-refractivity contribution in [2.45, 2.75) is 6.42 Å².